The molecule has 0 aromatic carbocycles. The number of carbonyl (C=O) groups excluding carboxylic acids is 3. The summed E-state index contributed by atoms with van der Waals surface area (Å²) in [4.78, 5) is 37.3. The van der Waals surface area contributed by atoms with Crippen molar-refractivity contribution in [2.75, 3.05) is 0 Å². The van der Waals surface area contributed by atoms with Crippen molar-refractivity contribution < 1.29 is 14.4 Å². The summed E-state index contributed by atoms with van der Waals surface area (Å²) in [5.74, 6) is 0.229. The predicted octanol–water partition coefficient (Wildman–Crippen LogP) is 4.11. The van der Waals surface area contributed by atoms with Gasteiger partial charge in [-0.25, -0.2) is 0 Å². The molecule has 6 nitrogen and oxygen atoms in total. The second kappa shape index (κ2) is 13.1. The van der Waals surface area contributed by atoms with E-state index in [0.717, 1.165) is 19.3 Å². The van der Waals surface area contributed by atoms with E-state index in [2.05, 4.69) is 24.5 Å². The van der Waals surface area contributed by atoms with Gasteiger partial charge in [0.05, 0.1) is 6.04 Å². The van der Waals surface area contributed by atoms with Gasteiger partial charge in [0.15, 0.2) is 0 Å². The first kappa shape index (κ1) is 28.6. The molecule has 0 heterocycles. The molecule has 176 valence electrons. The van der Waals surface area contributed by atoms with Gasteiger partial charge < -0.3 is 16.4 Å². The van der Waals surface area contributed by atoms with Crippen molar-refractivity contribution in [2.45, 2.75) is 124 Å². The summed E-state index contributed by atoms with van der Waals surface area (Å²) >= 11 is 0. The smallest absolute Gasteiger partial charge is 0.242 e. The van der Waals surface area contributed by atoms with Crippen molar-refractivity contribution in [2.24, 2.45) is 17.1 Å². The van der Waals surface area contributed by atoms with Crippen LogP contribution in [0.5, 0.6) is 0 Å². The van der Waals surface area contributed by atoms with E-state index in [-0.39, 0.29) is 35.0 Å². The maximum Gasteiger partial charge on any atom is 0.242 e. The number of carbonyl (C=O) groups is 3. The number of unbranched alkanes of at least 4 members (excludes halogenated alkanes) is 2. The Labute approximate surface area is 184 Å². The highest BCUT2D eigenvalue weighted by Crippen LogP contribution is 2.20. The van der Waals surface area contributed by atoms with Gasteiger partial charge in [0, 0.05) is 18.4 Å². The van der Waals surface area contributed by atoms with Crippen molar-refractivity contribution in [1.82, 2.24) is 10.6 Å². The van der Waals surface area contributed by atoms with E-state index in [1.165, 1.54) is 6.42 Å². The van der Waals surface area contributed by atoms with Crippen LogP contribution in [0.3, 0.4) is 0 Å². The van der Waals surface area contributed by atoms with Gasteiger partial charge in [-0.15, -0.1) is 0 Å². The minimum absolute atomic E-state index is 0.0743. The normalized spacial score (nSPS) is 14.3. The fraction of sp³-hybridized carbons (Fsp3) is 0.875. The van der Waals surface area contributed by atoms with E-state index in [0.29, 0.717) is 25.2 Å². The number of Topliss-reactive ketones (excluding diaryl/α,β-unsaturated/α-hetero) is 1. The van der Waals surface area contributed by atoms with Gasteiger partial charge in [-0.3, -0.25) is 14.4 Å². The van der Waals surface area contributed by atoms with Gasteiger partial charge in [-0.05, 0) is 44.9 Å². The minimum Gasteiger partial charge on any atom is -0.350 e. The lowest BCUT2D eigenvalue weighted by molar-refractivity contribution is -0.131. The Morgan fingerprint density at radius 3 is 1.90 bits per heavy atom. The third-order valence-corrected chi connectivity index (χ3v) is 4.70. The lowest BCUT2D eigenvalue weighted by atomic mass is 9.88. The van der Waals surface area contributed by atoms with Gasteiger partial charge in [-0.2, -0.15) is 0 Å². The van der Waals surface area contributed by atoms with E-state index in [9.17, 15) is 14.4 Å². The van der Waals surface area contributed by atoms with E-state index < -0.39 is 12.1 Å². The molecular formula is C24H47N3O3. The molecule has 0 aliphatic rings. The fourth-order valence-corrected chi connectivity index (χ4v) is 3.21. The summed E-state index contributed by atoms with van der Waals surface area (Å²) in [5, 5.41) is 5.77. The summed E-state index contributed by atoms with van der Waals surface area (Å²) in [6, 6.07) is -1.40. The van der Waals surface area contributed by atoms with Crippen LogP contribution in [0.15, 0.2) is 0 Å². The van der Waals surface area contributed by atoms with Crippen molar-refractivity contribution in [1.29, 1.82) is 0 Å². The molecule has 6 heteroatoms. The maximum atomic E-state index is 12.7. The molecule has 0 spiro atoms. The molecule has 0 saturated carbocycles. The van der Waals surface area contributed by atoms with Crippen molar-refractivity contribution in [3.8, 4) is 0 Å². The number of hydrogen-bond acceptors (Lipinski definition) is 4. The Morgan fingerprint density at radius 1 is 0.833 bits per heavy atom. The lowest BCUT2D eigenvalue weighted by Crippen LogP contribution is -2.54. The van der Waals surface area contributed by atoms with Gasteiger partial charge in [0.1, 0.15) is 11.8 Å². The molecule has 0 radical (unpaired) electrons. The maximum absolute atomic E-state index is 12.7. The lowest BCUT2D eigenvalue weighted by Gasteiger charge is -2.26. The topological polar surface area (TPSA) is 101 Å². The number of hydrogen-bond donors (Lipinski definition) is 3. The molecule has 2 unspecified atom stereocenters. The third-order valence-electron chi connectivity index (χ3n) is 4.70. The van der Waals surface area contributed by atoms with Gasteiger partial charge >= 0.3 is 0 Å². The van der Waals surface area contributed by atoms with Crippen LogP contribution in [0.2, 0.25) is 0 Å². The largest absolute Gasteiger partial charge is 0.350 e. The molecule has 0 saturated heterocycles. The van der Waals surface area contributed by atoms with Crippen LogP contribution in [-0.2, 0) is 14.4 Å². The fourth-order valence-electron chi connectivity index (χ4n) is 3.21. The second-order valence-electron chi connectivity index (χ2n) is 11.3. The number of nitrogens with two attached hydrogens (primary N) is 1. The van der Waals surface area contributed by atoms with Crippen LogP contribution in [-0.4, -0.2) is 35.2 Å². The van der Waals surface area contributed by atoms with Crippen LogP contribution in [0.25, 0.3) is 0 Å². The van der Waals surface area contributed by atoms with E-state index in [1.807, 2.05) is 41.5 Å². The molecule has 30 heavy (non-hydrogen) atoms. The highest BCUT2D eigenvalue weighted by atomic mass is 16.2. The van der Waals surface area contributed by atoms with Crippen molar-refractivity contribution in [3.05, 3.63) is 0 Å². The monoisotopic (exact) mass is 425 g/mol. The van der Waals surface area contributed by atoms with Crippen LogP contribution < -0.4 is 16.4 Å². The summed E-state index contributed by atoms with van der Waals surface area (Å²) in [5.41, 5.74) is 5.57. The molecule has 0 aromatic rings. The molecule has 0 aliphatic heterocycles. The molecule has 4 N–H and O–H groups in total. The number of nitrogens with one attached hydrogen (secondary N) is 2. The molecule has 0 fully saturated rings. The molecule has 2 amide bonds. The molecular weight excluding hydrogens is 378 g/mol. The SMILES string of the molecule is CC(C)CCCCCC(NC(=O)C(N)CCC(=O)CC(C)(C)C)C(=O)NC(C)(C)C. The third kappa shape index (κ3) is 15.4. The van der Waals surface area contributed by atoms with E-state index in [1.54, 1.807) is 0 Å². The van der Waals surface area contributed by atoms with Crippen LogP contribution >= 0.6 is 0 Å². The molecule has 0 rings (SSSR count). The minimum atomic E-state index is -0.792. The predicted molar refractivity (Wildman–Crippen MR) is 124 cm³/mol. The Kier molecular flexibility index (Phi) is 12.5. The van der Waals surface area contributed by atoms with E-state index >= 15 is 0 Å². The first-order valence-electron chi connectivity index (χ1n) is 11.5. The highest BCUT2D eigenvalue weighted by Gasteiger charge is 2.26. The first-order valence-corrected chi connectivity index (χ1v) is 11.5. The average molecular weight is 426 g/mol. The summed E-state index contributed by atoms with van der Waals surface area (Å²) in [7, 11) is 0. The summed E-state index contributed by atoms with van der Waals surface area (Å²) < 4.78 is 0. The zero-order chi connectivity index (χ0) is 23.5. The first-order chi connectivity index (χ1) is 13.6. The standard InChI is InChI=1S/C24H47N3O3/c1-17(2)12-10-9-11-13-20(22(30)27-24(6,7)8)26-21(29)19(25)15-14-18(28)16-23(3,4)5/h17,19-20H,9-16,25H2,1-8H3,(H,26,29)(H,27,30). The number of rotatable bonds is 13. The van der Waals surface area contributed by atoms with Gasteiger partial charge in [0.25, 0.3) is 0 Å². The van der Waals surface area contributed by atoms with Gasteiger partial charge in [0.2, 0.25) is 11.8 Å². The molecule has 0 aliphatic carbocycles. The Morgan fingerprint density at radius 2 is 1.40 bits per heavy atom. The highest BCUT2D eigenvalue weighted by molar-refractivity contribution is 5.90. The summed E-state index contributed by atoms with van der Waals surface area (Å²) in [6.45, 7) is 16.2. The molecule has 0 aromatic heterocycles. The van der Waals surface area contributed by atoms with Crippen LogP contribution in [0.4, 0.5) is 0 Å². The van der Waals surface area contributed by atoms with Crippen LogP contribution in [0.1, 0.15) is 107 Å². The Bertz CT molecular complexity index is 545. The summed E-state index contributed by atoms with van der Waals surface area (Å²) in [6.07, 6.45) is 5.81. The van der Waals surface area contributed by atoms with Gasteiger partial charge in [-0.1, -0.05) is 60.3 Å². The number of amides is 2. The Hall–Kier alpha value is -1.43. The Balaban J connectivity index is 4.75. The quantitative estimate of drug-likeness (QED) is 0.387. The molecule has 2 atom stereocenters. The van der Waals surface area contributed by atoms with Crippen molar-refractivity contribution >= 4 is 17.6 Å². The zero-order valence-electron chi connectivity index (χ0n) is 20.7. The number of ketones is 1. The van der Waals surface area contributed by atoms with E-state index in [4.69, 9.17) is 5.73 Å². The zero-order valence-corrected chi connectivity index (χ0v) is 20.7. The average Bonchev–Trinajstić information content (AvgIpc) is 2.54. The molecule has 0 bridgehead atoms. The van der Waals surface area contributed by atoms with Crippen molar-refractivity contribution in [3.63, 3.8) is 0 Å². The van der Waals surface area contributed by atoms with Crippen LogP contribution in [0, 0.1) is 11.3 Å². The second-order valence-corrected chi connectivity index (χ2v) is 11.3.